The van der Waals surface area contributed by atoms with Crippen LogP contribution in [-0.4, -0.2) is 21.9 Å². The van der Waals surface area contributed by atoms with Crippen LogP contribution in [0.1, 0.15) is 13.8 Å². The van der Waals surface area contributed by atoms with E-state index in [1.54, 1.807) is 6.33 Å². The first-order valence-electron chi connectivity index (χ1n) is 3.97. The van der Waals surface area contributed by atoms with Gasteiger partial charge >= 0.3 is 0 Å². The zero-order valence-corrected chi connectivity index (χ0v) is 8.14. The van der Waals surface area contributed by atoms with E-state index in [0.29, 0.717) is 12.5 Å². The largest absolute Gasteiger partial charge is 0.356 e. The van der Waals surface area contributed by atoms with E-state index in [9.17, 15) is 0 Å². The topological polar surface area (TPSA) is 63.8 Å². The third-order valence-corrected chi connectivity index (χ3v) is 2.32. The summed E-state index contributed by atoms with van der Waals surface area (Å²) in [6.07, 6.45) is 1.54. The number of nitrogens with one attached hydrogen (secondary N) is 1. The van der Waals surface area contributed by atoms with E-state index in [0.717, 1.165) is 5.13 Å². The van der Waals surface area contributed by atoms with Gasteiger partial charge in [0.2, 0.25) is 5.13 Å². The van der Waals surface area contributed by atoms with Crippen LogP contribution in [0.2, 0.25) is 0 Å². The van der Waals surface area contributed by atoms with E-state index in [1.165, 1.54) is 11.5 Å². The van der Waals surface area contributed by atoms with Crippen LogP contribution < -0.4 is 11.1 Å². The number of anilines is 1. The van der Waals surface area contributed by atoms with Gasteiger partial charge in [-0.1, -0.05) is 13.8 Å². The maximum atomic E-state index is 5.58. The van der Waals surface area contributed by atoms with Crippen molar-refractivity contribution < 1.29 is 0 Å². The monoisotopic (exact) mass is 186 g/mol. The molecule has 5 heteroatoms. The van der Waals surface area contributed by atoms with Gasteiger partial charge in [0.15, 0.2) is 0 Å². The lowest BCUT2D eigenvalue weighted by atomic mass is 10.1. The Morgan fingerprint density at radius 3 is 2.83 bits per heavy atom. The highest BCUT2D eigenvalue weighted by Gasteiger charge is 2.11. The second-order valence-electron chi connectivity index (χ2n) is 2.98. The van der Waals surface area contributed by atoms with Gasteiger partial charge in [0.05, 0.1) is 0 Å². The fraction of sp³-hybridized carbons (Fsp3) is 0.714. The summed E-state index contributed by atoms with van der Waals surface area (Å²) in [6.45, 7) is 4.88. The fourth-order valence-electron chi connectivity index (χ4n) is 0.893. The Morgan fingerprint density at radius 2 is 2.42 bits per heavy atom. The van der Waals surface area contributed by atoms with E-state index < -0.39 is 0 Å². The van der Waals surface area contributed by atoms with Crippen LogP contribution in [-0.2, 0) is 0 Å². The Morgan fingerprint density at radius 1 is 1.67 bits per heavy atom. The summed E-state index contributed by atoms with van der Waals surface area (Å²) in [5.41, 5.74) is 5.58. The third-order valence-electron chi connectivity index (χ3n) is 1.73. The predicted molar refractivity (Wildman–Crippen MR) is 51.2 cm³/mol. The van der Waals surface area contributed by atoms with Crippen molar-refractivity contribution in [3.63, 3.8) is 0 Å². The molecule has 0 aliphatic heterocycles. The lowest BCUT2D eigenvalue weighted by Gasteiger charge is -2.19. The molecule has 12 heavy (non-hydrogen) atoms. The number of hydrogen-bond acceptors (Lipinski definition) is 5. The van der Waals surface area contributed by atoms with Gasteiger partial charge in [-0.25, -0.2) is 4.98 Å². The minimum atomic E-state index is 0.290. The average Bonchev–Trinajstić information content (AvgIpc) is 2.51. The molecule has 0 aromatic carbocycles. The highest BCUT2D eigenvalue weighted by Crippen LogP contribution is 2.11. The highest BCUT2D eigenvalue weighted by atomic mass is 32.1. The van der Waals surface area contributed by atoms with Crippen LogP contribution in [0.4, 0.5) is 5.13 Å². The Balaban J connectivity index is 2.48. The first kappa shape index (κ1) is 9.41. The first-order chi connectivity index (χ1) is 5.74. The summed E-state index contributed by atoms with van der Waals surface area (Å²) < 4.78 is 3.90. The van der Waals surface area contributed by atoms with Crippen molar-refractivity contribution in [2.24, 2.45) is 11.7 Å². The van der Waals surface area contributed by atoms with Gasteiger partial charge in [-0.2, -0.15) is 4.37 Å². The predicted octanol–water partition coefficient (Wildman–Crippen LogP) is 0.933. The van der Waals surface area contributed by atoms with Crippen LogP contribution in [0, 0.1) is 5.92 Å². The smallest absolute Gasteiger partial charge is 0.202 e. The average molecular weight is 186 g/mol. The number of hydrogen-bond donors (Lipinski definition) is 2. The Kier molecular flexibility index (Phi) is 3.43. The molecule has 0 fully saturated rings. The Hall–Kier alpha value is -0.680. The number of aromatic nitrogens is 2. The van der Waals surface area contributed by atoms with Gasteiger partial charge in [-0.3, -0.25) is 0 Å². The highest BCUT2D eigenvalue weighted by molar-refractivity contribution is 7.09. The second-order valence-corrected chi connectivity index (χ2v) is 3.76. The van der Waals surface area contributed by atoms with E-state index in [2.05, 4.69) is 28.5 Å². The molecule has 4 nitrogen and oxygen atoms in total. The van der Waals surface area contributed by atoms with Gasteiger partial charge in [0, 0.05) is 24.1 Å². The van der Waals surface area contributed by atoms with E-state index in [1.807, 2.05) is 0 Å². The molecule has 0 aliphatic carbocycles. The maximum absolute atomic E-state index is 5.58. The van der Waals surface area contributed by atoms with Crippen molar-refractivity contribution in [1.82, 2.24) is 9.36 Å². The van der Waals surface area contributed by atoms with E-state index in [-0.39, 0.29) is 6.04 Å². The molecule has 1 atom stereocenters. The molecular formula is C7H14N4S. The molecule has 1 heterocycles. The molecule has 1 aromatic heterocycles. The van der Waals surface area contributed by atoms with Crippen molar-refractivity contribution in [1.29, 1.82) is 0 Å². The molecule has 0 bridgehead atoms. The molecule has 0 amide bonds. The zero-order valence-electron chi connectivity index (χ0n) is 7.32. The van der Waals surface area contributed by atoms with Gasteiger partial charge in [0.25, 0.3) is 0 Å². The maximum Gasteiger partial charge on any atom is 0.202 e. The zero-order chi connectivity index (χ0) is 8.97. The molecule has 0 saturated heterocycles. The standard InChI is InChI=1S/C7H14N4S/c1-5(2)6(3-8)11-7-9-4-10-12-7/h4-6H,3,8H2,1-2H3,(H,9,10,11). The molecule has 68 valence electrons. The van der Waals surface area contributed by atoms with Crippen LogP contribution in [0.3, 0.4) is 0 Å². The van der Waals surface area contributed by atoms with Gasteiger partial charge in [0.1, 0.15) is 6.33 Å². The van der Waals surface area contributed by atoms with E-state index >= 15 is 0 Å². The normalized spacial score (nSPS) is 13.3. The summed E-state index contributed by atoms with van der Waals surface area (Å²) in [6, 6.07) is 0.290. The Labute approximate surface area is 76.4 Å². The van der Waals surface area contributed by atoms with Crippen LogP contribution in [0.5, 0.6) is 0 Å². The second kappa shape index (κ2) is 4.37. The lowest BCUT2D eigenvalue weighted by Crippen LogP contribution is -2.33. The summed E-state index contributed by atoms with van der Waals surface area (Å²) in [7, 11) is 0. The van der Waals surface area contributed by atoms with Crippen molar-refractivity contribution in [2.75, 3.05) is 11.9 Å². The summed E-state index contributed by atoms with van der Waals surface area (Å²) in [4.78, 5) is 4.03. The number of nitrogens with two attached hydrogens (primary N) is 1. The SMILES string of the molecule is CC(C)C(CN)Nc1ncns1. The molecule has 0 spiro atoms. The van der Waals surface area contributed by atoms with Crippen molar-refractivity contribution in [3.05, 3.63) is 6.33 Å². The summed E-state index contributed by atoms with van der Waals surface area (Å²) in [5.74, 6) is 0.513. The van der Waals surface area contributed by atoms with Crippen LogP contribution >= 0.6 is 11.5 Å². The molecule has 3 N–H and O–H groups in total. The molecule has 0 aliphatic rings. The lowest BCUT2D eigenvalue weighted by molar-refractivity contribution is 0.531. The summed E-state index contributed by atoms with van der Waals surface area (Å²) >= 11 is 1.36. The first-order valence-corrected chi connectivity index (χ1v) is 4.74. The van der Waals surface area contributed by atoms with Crippen molar-refractivity contribution in [3.8, 4) is 0 Å². The van der Waals surface area contributed by atoms with Crippen molar-refractivity contribution in [2.45, 2.75) is 19.9 Å². The molecular weight excluding hydrogens is 172 g/mol. The minimum absolute atomic E-state index is 0.290. The van der Waals surface area contributed by atoms with Crippen LogP contribution in [0.15, 0.2) is 6.33 Å². The molecule has 1 rings (SSSR count). The molecule has 1 unspecified atom stereocenters. The van der Waals surface area contributed by atoms with Crippen molar-refractivity contribution >= 4 is 16.7 Å². The minimum Gasteiger partial charge on any atom is -0.356 e. The molecule has 1 aromatic rings. The van der Waals surface area contributed by atoms with Crippen LogP contribution in [0.25, 0.3) is 0 Å². The number of nitrogens with zero attached hydrogens (tertiary/aromatic N) is 2. The third kappa shape index (κ3) is 2.42. The quantitative estimate of drug-likeness (QED) is 0.734. The molecule has 0 radical (unpaired) electrons. The van der Waals surface area contributed by atoms with Gasteiger partial charge in [-0.05, 0) is 5.92 Å². The number of rotatable bonds is 4. The Bertz CT molecular complexity index is 209. The fourth-order valence-corrected chi connectivity index (χ4v) is 1.39. The van der Waals surface area contributed by atoms with Gasteiger partial charge in [-0.15, -0.1) is 0 Å². The summed E-state index contributed by atoms with van der Waals surface area (Å²) in [5, 5.41) is 4.07. The van der Waals surface area contributed by atoms with E-state index in [4.69, 9.17) is 5.73 Å². The van der Waals surface area contributed by atoms with Gasteiger partial charge < -0.3 is 11.1 Å². The molecule has 0 saturated carbocycles.